The van der Waals surface area contributed by atoms with E-state index < -0.39 is 17.3 Å². The average molecular weight is 312 g/mol. The summed E-state index contributed by atoms with van der Waals surface area (Å²) in [4.78, 5) is 0. The minimum Gasteiger partial charge on any atom is -0.385 e. The zero-order valence-corrected chi connectivity index (χ0v) is 11.7. The van der Waals surface area contributed by atoms with Crippen LogP contribution >= 0.6 is 0 Å². The number of aliphatic hydroxyl groups is 1. The fraction of sp³-hybridized carbons (Fsp3) is 0.533. The molecule has 2 bridgehead atoms. The lowest BCUT2D eigenvalue weighted by molar-refractivity contribution is -0.137. The van der Waals surface area contributed by atoms with Gasteiger partial charge in [0.2, 0.25) is 0 Å². The van der Waals surface area contributed by atoms with Crippen LogP contribution in [-0.4, -0.2) is 30.4 Å². The van der Waals surface area contributed by atoms with E-state index in [4.69, 9.17) is 4.74 Å². The summed E-state index contributed by atoms with van der Waals surface area (Å²) in [7, 11) is 0. The number of fused-ring (bicyclic) bond motifs is 2. The molecule has 1 aromatic carbocycles. The molecule has 2 N–H and O–H groups in total. The molecule has 3 rings (SSSR count). The van der Waals surface area contributed by atoms with Gasteiger partial charge in [-0.05, 0) is 25.0 Å². The van der Waals surface area contributed by atoms with Gasteiger partial charge in [-0.15, -0.1) is 0 Å². The first-order valence-corrected chi connectivity index (χ1v) is 7.00. The molecular weight excluding hydrogens is 297 g/mol. The van der Waals surface area contributed by atoms with Crippen LogP contribution in [0.3, 0.4) is 0 Å². The zero-order chi connectivity index (χ0) is 16.0. The van der Waals surface area contributed by atoms with Gasteiger partial charge in [0, 0.05) is 17.6 Å². The third-order valence-corrected chi connectivity index (χ3v) is 4.25. The number of nitrogens with one attached hydrogen (secondary N) is 1. The highest BCUT2D eigenvalue weighted by atomic mass is 19.4. The maximum Gasteiger partial charge on any atom is 0.416 e. The van der Waals surface area contributed by atoms with E-state index in [-0.39, 0.29) is 23.2 Å². The molecule has 0 aliphatic carbocycles. The van der Waals surface area contributed by atoms with Gasteiger partial charge in [-0.2, -0.15) is 18.4 Å². The summed E-state index contributed by atoms with van der Waals surface area (Å²) < 4.78 is 43.7. The van der Waals surface area contributed by atoms with Crippen molar-refractivity contribution < 1.29 is 23.0 Å². The van der Waals surface area contributed by atoms with E-state index in [2.05, 4.69) is 5.32 Å². The van der Waals surface area contributed by atoms with E-state index in [1.54, 1.807) is 6.07 Å². The van der Waals surface area contributed by atoms with E-state index in [1.165, 1.54) is 6.07 Å². The molecule has 0 radical (unpaired) electrons. The lowest BCUT2D eigenvalue weighted by Gasteiger charge is -2.45. The Labute approximate surface area is 125 Å². The average Bonchev–Trinajstić information content (AvgIpc) is 2.45. The molecule has 0 aromatic heterocycles. The van der Waals surface area contributed by atoms with Crippen LogP contribution in [0.1, 0.15) is 29.5 Å². The quantitative estimate of drug-likeness (QED) is 0.831. The van der Waals surface area contributed by atoms with E-state index in [1.807, 2.05) is 0 Å². The fourth-order valence-electron chi connectivity index (χ4n) is 3.36. The van der Waals surface area contributed by atoms with Crippen LogP contribution < -0.4 is 5.32 Å². The monoisotopic (exact) mass is 312 g/mol. The van der Waals surface area contributed by atoms with Gasteiger partial charge in [0.25, 0.3) is 0 Å². The van der Waals surface area contributed by atoms with Crippen molar-refractivity contribution in [3.05, 3.63) is 34.9 Å². The number of rotatable bonds is 1. The van der Waals surface area contributed by atoms with Crippen LogP contribution in [-0.2, 0) is 16.5 Å². The topological polar surface area (TPSA) is 65.3 Å². The van der Waals surface area contributed by atoms with Crippen molar-refractivity contribution in [1.29, 1.82) is 5.26 Å². The highest BCUT2D eigenvalue weighted by molar-refractivity contribution is 5.45. The first-order chi connectivity index (χ1) is 10.3. The summed E-state index contributed by atoms with van der Waals surface area (Å²) in [6.45, 7) is 0.892. The molecule has 0 spiro atoms. The second-order valence-corrected chi connectivity index (χ2v) is 5.91. The number of morpholine rings is 1. The van der Waals surface area contributed by atoms with Crippen molar-refractivity contribution in [3.8, 4) is 6.07 Å². The van der Waals surface area contributed by atoms with Crippen LogP contribution in [0.4, 0.5) is 13.2 Å². The van der Waals surface area contributed by atoms with Gasteiger partial charge in [-0.25, -0.2) is 0 Å². The van der Waals surface area contributed by atoms with E-state index in [0.29, 0.717) is 26.1 Å². The molecule has 2 fully saturated rings. The number of alkyl halides is 3. The number of nitrogens with zero attached hydrogens (tertiary/aromatic N) is 1. The summed E-state index contributed by atoms with van der Waals surface area (Å²) in [5.74, 6) is 0. The molecule has 2 saturated heterocycles. The van der Waals surface area contributed by atoms with Gasteiger partial charge in [-0.1, -0.05) is 6.07 Å². The number of halogens is 3. The summed E-state index contributed by atoms with van der Waals surface area (Å²) >= 11 is 0. The van der Waals surface area contributed by atoms with Crippen molar-refractivity contribution in [1.82, 2.24) is 5.32 Å². The van der Waals surface area contributed by atoms with Crippen LogP contribution in [0.2, 0.25) is 0 Å². The number of piperidine rings is 1. The minimum atomic E-state index is -4.51. The second-order valence-electron chi connectivity index (χ2n) is 5.91. The van der Waals surface area contributed by atoms with Crippen molar-refractivity contribution in [3.63, 3.8) is 0 Å². The standard InChI is InChI=1S/C15H15F3N2O2/c16-15(17,18)10-1-2-13(9(3-10)6-19)14(21)4-11-7-22-8-12(5-14)20-11/h1-3,11-12,20-21H,4-5,7-8H2. The molecule has 0 saturated carbocycles. The lowest BCUT2D eigenvalue weighted by atomic mass is 9.76. The molecule has 2 aliphatic rings. The van der Waals surface area contributed by atoms with Gasteiger partial charge in [-0.3, -0.25) is 0 Å². The predicted octanol–water partition coefficient (Wildman–Crippen LogP) is 1.92. The zero-order valence-electron chi connectivity index (χ0n) is 11.7. The van der Waals surface area contributed by atoms with Gasteiger partial charge >= 0.3 is 6.18 Å². The summed E-state index contributed by atoms with van der Waals surface area (Å²) in [6.07, 6.45) is -3.89. The Morgan fingerprint density at radius 3 is 2.45 bits per heavy atom. The third-order valence-electron chi connectivity index (χ3n) is 4.25. The van der Waals surface area contributed by atoms with Crippen molar-refractivity contribution in [2.45, 2.75) is 36.7 Å². The van der Waals surface area contributed by atoms with Crippen LogP contribution in [0.5, 0.6) is 0 Å². The Balaban J connectivity index is 1.99. The van der Waals surface area contributed by atoms with E-state index in [0.717, 1.165) is 12.1 Å². The smallest absolute Gasteiger partial charge is 0.385 e. The normalized spacial score (nSPS) is 31.6. The number of nitriles is 1. The van der Waals surface area contributed by atoms with Gasteiger partial charge in [0.15, 0.2) is 0 Å². The maximum atomic E-state index is 12.8. The highest BCUT2D eigenvalue weighted by Gasteiger charge is 2.44. The molecule has 2 atom stereocenters. The SMILES string of the molecule is N#Cc1cc(C(F)(F)F)ccc1C1(O)CC2COCC(C1)N2. The van der Waals surface area contributed by atoms with Gasteiger partial charge in [0.05, 0.1) is 36.0 Å². The van der Waals surface area contributed by atoms with Crippen molar-refractivity contribution >= 4 is 0 Å². The fourth-order valence-corrected chi connectivity index (χ4v) is 3.36. The molecule has 118 valence electrons. The Bertz CT molecular complexity index is 612. The van der Waals surface area contributed by atoms with Crippen LogP contribution in [0.25, 0.3) is 0 Å². The highest BCUT2D eigenvalue weighted by Crippen LogP contribution is 2.40. The first kappa shape index (κ1) is 15.3. The lowest BCUT2D eigenvalue weighted by Crippen LogP contribution is -2.58. The Hall–Kier alpha value is -1.62. The third kappa shape index (κ3) is 2.70. The van der Waals surface area contributed by atoms with Crippen molar-refractivity contribution in [2.75, 3.05) is 13.2 Å². The Kier molecular flexibility index (Phi) is 3.63. The molecule has 2 heterocycles. The van der Waals surface area contributed by atoms with Gasteiger partial charge < -0.3 is 15.2 Å². The number of benzene rings is 1. The van der Waals surface area contributed by atoms with E-state index >= 15 is 0 Å². The molecular formula is C15H15F3N2O2. The summed E-state index contributed by atoms with van der Waals surface area (Å²) in [6, 6.07) is 4.61. The summed E-state index contributed by atoms with van der Waals surface area (Å²) in [5, 5.41) is 23.4. The molecule has 0 amide bonds. The number of hydrogen-bond donors (Lipinski definition) is 2. The molecule has 2 unspecified atom stereocenters. The molecule has 2 aliphatic heterocycles. The molecule has 22 heavy (non-hydrogen) atoms. The summed E-state index contributed by atoms with van der Waals surface area (Å²) in [5.41, 5.74) is -2.05. The van der Waals surface area contributed by atoms with E-state index in [9.17, 15) is 23.5 Å². The minimum absolute atomic E-state index is 0.0636. The number of ether oxygens (including phenoxy) is 1. The van der Waals surface area contributed by atoms with Crippen molar-refractivity contribution in [2.24, 2.45) is 0 Å². The largest absolute Gasteiger partial charge is 0.416 e. The van der Waals surface area contributed by atoms with Crippen LogP contribution in [0.15, 0.2) is 18.2 Å². The first-order valence-electron chi connectivity index (χ1n) is 7.00. The molecule has 1 aromatic rings. The Morgan fingerprint density at radius 1 is 1.27 bits per heavy atom. The molecule has 4 nitrogen and oxygen atoms in total. The molecule has 7 heteroatoms. The van der Waals surface area contributed by atoms with Gasteiger partial charge in [0.1, 0.15) is 0 Å². The maximum absolute atomic E-state index is 12.8. The predicted molar refractivity (Wildman–Crippen MR) is 70.8 cm³/mol. The second kappa shape index (κ2) is 5.23. The Morgan fingerprint density at radius 2 is 1.91 bits per heavy atom. The number of hydrogen-bond acceptors (Lipinski definition) is 4. The van der Waals surface area contributed by atoms with Crippen LogP contribution in [0, 0.1) is 11.3 Å².